The molecule has 0 heterocycles. The Balaban J connectivity index is 2.89. The van der Waals surface area contributed by atoms with Gasteiger partial charge in [0.05, 0.1) is 0 Å². The molecule has 0 saturated carbocycles. The van der Waals surface area contributed by atoms with E-state index in [1.54, 1.807) is 19.1 Å². The number of primary amides is 1. The Morgan fingerprint density at radius 1 is 1.44 bits per heavy atom. The molecule has 2 amide bonds. The number of benzene rings is 1. The molecule has 0 aliphatic heterocycles. The molecule has 0 bridgehead atoms. The number of hydrogen-bond acceptors (Lipinski definition) is 3. The molecule has 0 fully saturated rings. The van der Waals surface area contributed by atoms with Gasteiger partial charge in [-0.3, -0.25) is 9.59 Å². The fourth-order valence-corrected chi connectivity index (χ4v) is 1.21. The Morgan fingerprint density at radius 3 is 2.62 bits per heavy atom. The van der Waals surface area contributed by atoms with Gasteiger partial charge in [-0.2, -0.15) is 0 Å². The van der Waals surface area contributed by atoms with E-state index in [1.807, 2.05) is 0 Å². The van der Waals surface area contributed by atoms with Crippen molar-refractivity contribution in [2.24, 2.45) is 5.73 Å². The number of nitrogens with one attached hydrogen (secondary N) is 1. The molecule has 0 aromatic heterocycles. The van der Waals surface area contributed by atoms with Crippen LogP contribution in [0.4, 0.5) is 0 Å². The lowest BCUT2D eigenvalue weighted by molar-refractivity contribution is -0.119. The highest BCUT2D eigenvalue weighted by molar-refractivity contribution is 5.98. The largest absolute Gasteiger partial charge is 0.508 e. The average Bonchev–Trinajstić information content (AvgIpc) is 2.21. The van der Waals surface area contributed by atoms with Crippen LogP contribution in [0.5, 0.6) is 5.75 Å². The zero-order valence-electron chi connectivity index (χ0n) is 9.15. The van der Waals surface area contributed by atoms with Crippen molar-refractivity contribution in [3.63, 3.8) is 0 Å². The fraction of sp³-hybridized carbons (Fsp3) is 0.273. The van der Waals surface area contributed by atoms with Crippen LogP contribution in [0.25, 0.3) is 0 Å². The normalized spacial score (nSPS) is 11.9. The number of rotatable bonds is 3. The van der Waals surface area contributed by atoms with Gasteiger partial charge in [-0.1, -0.05) is 6.07 Å². The van der Waals surface area contributed by atoms with E-state index in [4.69, 9.17) is 5.73 Å². The Hall–Kier alpha value is -2.04. The van der Waals surface area contributed by atoms with Gasteiger partial charge in [0.2, 0.25) is 5.91 Å². The number of nitrogens with two attached hydrogens (primary N) is 1. The van der Waals surface area contributed by atoms with Gasteiger partial charge in [0.15, 0.2) is 0 Å². The predicted molar refractivity (Wildman–Crippen MR) is 59.0 cm³/mol. The van der Waals surface area contributed by atoms with E-state index in [2.05, 4.69) is 5.32 Å². The third-order valence-corrected chi connectivity index (χ3v) is 2.32. The summed E-state index contributed by atoms with van der Waals surface area (Å²) in [6, 6.07) is 3.88. The molecule has 0 aliphatic rings. The lowest BCUT2D eigenvalue weighted by Gasteiger charge is -2.12. The molecular formula is C11H14N2O3. The first-order valence-corrected chi connectivity index (χ1v) is 4.82. The van der Waals surface area contributed by atoms with E-state index < -0.39 is 17.9 Å². The van der Waals surface area contributed by atoms with Crippen LogP contribution >= 0.6 is 0 Å². The van der Waals surface area contributed by atoms with Crippen LogP contribution in [0.2, 0.25) is 0 Å². The zero-order valence-corrected chi connectivity index (χ0v) is 9.15. The summed E-state index contributed by atoms with van der Waals surface area (Å²) in [6.45, 7) is 3.12. The van der Waals surface area contributed by atoms with Crippen LogP contribution in [-0.2, 0) is 4.79 Å². The summed E-state index contributed by atoms with van der Waals surface area (Å²) in [4.78, 5) is 22.5. The number of amides is 2. The third-order valence-electron chi connectivity index (χ3n) is 2.32. The van der Waals surface area contributed by atoms with E-state index in [0.29, 0.717) is 11.1 Å². The Kier molecular flexibility index (Phi) is 3.50. The van der Waals surface area contributed by atoms with E-state index in [-0.39, 0.29) is 5.75 Å². The standard InChI is InChI=1S/C11H14N2O3/c1-6-8(4-3-5-9(6)14)11(16)13-7(2)10(12)15/h3-5,7,14H,1-2H3,(H2,12,15)(H,13,16). The molecule has 0 aliphatic carbocycles. The summed E-state index contributed by atoms with van der Waals surface area (Å²) in [7, 11) is 0. The summed E-state index contributed by atoms with van der Waals surface area (Å²) in [6.07, 6.45) is 0. The summed E-state index contributed by atoms with van der Waals surface area (Å²) in [5, 5.41) is 11.9. The lowest BCUT2D eigenvalue weighted by atomic mass is 10.1. The molecule has 0 saturated heterocycles. The van der Waals surface area contributed by atoms with E-state index >= 15 is 0 Å². The summed E-state index contributed by atoms with van der Waals surface area (Å²) in [5.41, 5.74) is 5.82. The second kappa shape index (κ2) is 4.65. The smallest absolute Gasteiger partial charge is 0.252 e. The summed E-state index contributed by atoms with van der Waals surface area (Å²) >= 11 is 0. The maximum Gasteiger partial charge on any atom is 0.252 e. The van der Waals surface area contributed by atoms with Crippen LogP contribution < -0.4 is 11.1 Å². The van der Waals surface area contributed by atoms with Crippen LogP contribution in [-0.4, -0.2) is 23.0 Å². The minimum Gasteiger partial charge on any atom is -0.508 e. The van der Waals surface area contributed by atoms with Crippen molar-refractivity contribution in [1.82, 2.24) is 5.32 Å². The maximum atomic E-state index is 11.7. The highest BCUT2D eigenvalue weighted by Gasteiger charge is 2.16. The van der Waals surface area contributed by atoms with Crippen molar-refractivity contribution < 1.29 is 14.7 Å². The molecule has 0 spiro atoms. The van der Waals surface area contributed by atoms with Crippen molar-refractivity contribution in [1.29, 1.82) is 0 Å². The van der Waals surface area contributed by atoms with Gasteiger partial charge in [0.1, 0.15) is 11.8 Å². The Bertz CT molecular complexity index is 429. The van der Waals surface area contributed by atoms with Crippen LogP contribution in [0.15, 0.2) is 18.2 Å². The first kappa shape index (κ1) is 12.0. The number of phenols is 1. The van der Waals surface area contributed by atoms with Gasteiger partial charge in [-0.25, -0.2) is 0 Å². The number of aromatic hydroxyl groups is 1. The summed E-state index contributed by atoms with van der Waals surface area (Å²) < 4.78 is 0. The van der Waals surface area contributed by atoms with Crippen LogP contribution in [0.1, 0.15) is 22.8 Å². The monoisotopic (exact) mass is 222 g/mol. The third kappa shape index (κ3) is 2.50. The Morgan fingerprint density at radius 2 is 2.06 bits per heavy atom. The van der Waals surface area contributed by atoms with Crippen LogP contribution in [0.3, 0.4) is 0 Å². The van der Waals surface area contributed by atoms with Gasteiger partial charge in [-0.15, -0.1) is 0 Å². The van der Waals surface area contributed by atoms with Crippen molar-refractivity contribution in [2.45, 2.75) is 19.9 Å². The minimum atomic E-state index is -0.741. The minimum absolute atomic E-state index is 0.0411. The predicted octanol–water partition coefficient (Wildman–Crippen LogP) is 0.304. The highest BCUT2D eigenvalue weighted by Crippen LogP contribution is 2.19. The zero-order chi connectivity index (χ0) is 12.3. The topological polar surface area (TPSA) is 92.4 Å². The first-order valence-electron chi connectivity index (χ1n) is 4.82. The van der Waals surface area contributed by atoms with Gasteiger partial charge in [0.25, 0.3) is 5.91 Å². The lowest BCUT2D eigenvalue weighted by Crippen LogP contribution is -2.42. The van der Waals surface area contributed by atoms with Crippen molar-refractivity contribution >= 4 is 11.8 Å². The number of carbonyl (C=O) groups is 2. The summed E-state index contributed by atoms with van der Waals surface area (Å²) in [5.74, 6) is -0.995. The van der Waals surface area contributed by atoms with E-state index in [0.717, 1.165) is 0 Å². The average molecular weight is 222 g/mol. The van der Waals surface area contributed by atoms with E-state index in [9.17, 15) is 14.7 Å². The van der Waals surface area contributed by atoms with Crippen molar-refractivity contribution in [2.75, 3.05) is 0 Å². The second-order valence-electron chi connectivity index (χ2n) is 3.55. The number of hydrogen-bond donors (Lipinski definition) is 3. The van der Waals surface area contributed by atoms with Gasteiger partial charge < -0.3 is 16.2 Å². The quantitative estimate of drug-likeness (QED) is 0.687. The molecule has 4 N–H and O–H groups in total. The Labute approximate surface area is 93.3 Å². The highest BCUT2D eigenvalue weighted by atomic mass is 16.3. The maximum absolute atomic E-state index is 11.7. The molecular weight excluding hydrogens is 208 g/mol. The molecule has 0 radical (unpaired) electrons. The van der Waals surface area contributed by atoms with Gasteiger partial charge >= 0.3 is 0 Å². The van der Waals surface area contributed by atoms with Crippen molar-refractivity contribution in [3.8, 4) is 5.75 Å². The molecule has 1 rings (SSSR count). The number of carbonyl (C=O) groups excluding carboxylic acids is 2. The molecule has 1 aromatic carbocycles. The van der Waals surface area contributed by atoms with Crippen LogP contribution in [0, 0.1) is 6.92 Å². The van der Waals surface area contributed by atoms with Gasteiger partial charge in [-0.05, 0) is 26.0 Å². The second-order valence-corrected chi connectivity index (χ2v) is 3.55. The molecule has 5 heteroatoms. The fourth-order valence-electron chi connectivity index (χ4n) is 1.21. The molecule has 5 nitrogen and oxygen atoms in total. The van der Waals surface area contributed by atoms with Gasteiger partial charge in [0, 0.05) is 11.1 Å². The van der Waals surface area contributed by atoms with E-state index in [1.165, 1.54) is 13.0 Å². The molecule has 86 valence electrons. The number of phenolic OH excluding ortho intramolecular Hbond substituents is 1. The van der Waals surface area contributed by atoms with Crippen molar-refractivity contribution in [3.05, 3.63) is 29.3 Å². The molecule has 16 heavy (non-hydrogen) atoms. The molecule has 1 aromatic rings. The first-order chi connectivity index (χ1) is 7.43. The molecule has 1 unspecified atom stereocenters. The molecule has 1 atom stereocenters. The SMILES string of the molecule is Cc1c(O)cccc1C(=O)NC(C)C(N)=O.